The van der Waals surface area contributed by atoms with Crippen LogP contribution in [0.25, 0.3) is 16.6 Å². The number of benzene rings is 2. The summed E-state index contributed by atoms with van der Waals surface area (Å²) < 4.78 is 45.8. The van der Waals surface area contributed by atoms with Crippen molar-refractivity contribution in [3.05, 3.63) is 58.1 Å². The third kappa shape index (κ3) is 2.56. The molecule has 2 aromatic carbocycles. The standard InChI is InChI=1S/C17H13FN4O4S/c1-9-7-10(18)3-6-14(9)27(24,25)17-15-19-16(23)12-5-4-11(26-2)8-13(12)22(15)21-20-17/h3-8H,1-2H3,(H,19,23). The first-order valence-corrected chi connectivity index (χ1v) is 9.28. The van der Waals surface area contributed by atoms with Crippen molar-refractivity contribution in [1.29, 1.82) is 0 Å². The van der Waals surface area contributed by atoms with Crippen molar-refractivity contribution >= 4 is 26.4 Å². The highest BCUT2D eigenvalue weighted by molar-refractivity contribution is 7.91. The van der Waals surface area contributed by atoms with Crippen LogP contribution < -0.4 is 10.3 Å². The van der Waals surface area contributed by atoms with Crippen LogP contribution in [0.4, 0.5) is 4.39 Å². The topological polar surface area (TPSA) is 106 Å². The van der Waals surface area contributed by atoms with E-state index in [9.17, 15) is 17.6 Å². The lowest BCUT2D eigenvalue weighted by atomic mass is 10.2. The van der Waals surface area contributed by atoms with Crippen LogP contribution in [0.5, 0.6) is 5.75 Å². The molecule has 4 aromatic rings. The minimum absolute atomic E-state index is 0.0792. The predicted octanol–water partition coefficient (Wildman–Crippen LogP) is 1.86. The Morgan fingerprint density at radius 3 is 2.67 bits per heavy atom. The maximum absolute atomic E-state index is 13.3. The van der Waals surface area contributed by atoms with Gasteiger partial charge in [0.25, 0.3) is 5.56 Å². The molecule has 0 unspecified atom stereocenters. The number of H-pyrrole nitrogens is 1. The van der Waals surface area contributed by atoms with E-state index in [-0.39, 0.29) is 16.1 Å². The van der Waals surface area contributed by atoms with Gasteiger partial charge in [-0.1, -0.05) is 5.21 Å². The zero-order valence-corrected chi connectivity index (χ0v) is 15.0. The number of ether oxygens (including phenoxy) is 1. The fraction of sp³-hybridized carbons (Fsp3) is 0.118. The minimum atomic E-state index is -4.13. The lowest BCUT2D eigenvalue weighted by Crippen LogP contribution is -2.12. The molecule has 8 nitrogen and oxygen atoms in total. The van der Waals surface area contributed by atoms with Gasteiger partial charge < -0.3 is 9.72 Å². The Morgan fingerprint density at radius 1 is 1.19 bits per heavy atom. The summed E-state index contributed by atoms with van der Waals surface area (Å²) in [4.78, 5) is 14.8. The third-order valence-electron chi connectivity index (χ3n) is 4.23. The van der Waals surface area contributed by atoms with E-state index in [0.29, 0.717) is 16.7 Å². The van der Waals surface area contributed by atoms with Crippen LogP contribution in [0.1, 0.15) is 5.56 Å². The van der Waals surface area contributed by atoms with Crippen LogP contribution in [0.3, 0.4) is 0 Å². The highest BCUT2D eigenvalue weighted by Gasteiger charge is 2.28. The SMILES string of the molecule is COc1ccc2c(=O)[nH]c3c(S(=O)(=O)c4ccc(F)cc4C)nnn3c2c1. The molecule has 0 amide bonds. The maximum Gasteiger partial charge on any atom is 0.259 e. The Hall–Kier alpha value is -3.27. The molecule has 27 heavy (non-hydrogen) atoms. The van der Waals surface area contributed by atoms with E-state index < -0.39 is 26.2 Å². The fourth-order valence-electron chi connectivity index (χ4n) is 2.92. The molecule has 2 aromatic heterocycles. The van der Waals surface area contributed by atoms with Crippen molar-refractivity contribution in [2.24, 2.45) is 0 Å². The molecule has 0 saturated heterocycles. The third-order valence-corrected chi connectivity index (χ3v) is 6.05. The van der Waals surface area contributed by atoms with Gasteiger partial charge in [-0.2, -0.15) is 4.52 Å². The molecule has 4 rings (SSSR count). The van der Waals surface area contributed by atoms with Gasteiger partial charge in [-0.25, -0.2) is 12.8 Å². The Morgan fingerprint density at radius 2 is 1.96 bits per heavy atom. The van der Waals surface area contributed by atoms with Gasteiger partial charge in [0.2, 0.25) is 14.9 Å². The molecule has 0 aliphatic carbocycles. The molecular weight excluding hydrogens is 375 g/mol. The highest BCUT2D eigenvalue weighted by atomic mass is 32.2. The molecule has 0 spiro atoms. The van der Waals surface area contributed by atoms with E-state index in [2.05, 4.69) is 15.3 Å². The van der Waals surface area contributed by atoms with Crippen molar-refractivity contribution in [3.63, 3.8) is 0 Å². The van der Waals surface area contributed by atoms with Gasteiger partial charge in [0, 0.05) is 6.07 Å². The van der Waals surface area contributed by atoms with E-state index in [0.717, 1.165) is 18.2 Å². The molecule has 138 valence electrons. The van der Waals surface area contributed by atoms with E-state index in [1.54, 1.807) is 18.2 Å². The Kier molecular flexibility index (Phi) is 3.74. The molecule has 0 fully saturated rings. The predicted molar refractivity (Wildman–Crippen MR) is 94.3 cm³/mol. The normalized spacial score (nSPS) is 12.0. The van der Waals surface area contributed by atoms with Crippen LogP contribution in [0.2, 0.25) is 0 Å². The number of halogens is 1. The summed E-state index contributed by atoms with van der Waals surface area (Å²) in [6.07, 6.45) is 0. The number of sulfone groups is 1. The number of fused-ring (bicyclic) bond motifs is 3. The Bertz CT molecular complexity index is 1380. The second-order valence-corrected chi connectivity index (χ2v) is 7.74. The molecular formula is C17H13FN4O4S. The van der Waals surface area contributed by atoms with Gasteiger partial charge in [0.1, 0.15) is 11.6 Å². The van der Waals surface area contributed by atoms with Gasteiger partial charge in [0.15, 0.2) is 5.65 Å². The molecule has 0 saturated carbocycles. The number of methoxy groups -OCH3 is 1. The zero-order chi connectivity index (χ0) is 19.3. The van der Waals surface area contributed by atoms with Crippen LogP contribution in [0, 0.1) is 12.7 Å². The van der Waals surface area contributed by atoms with E-state index in [4.69, 9.17) is 4.74 Å². The monoisotopic (exact) mass is 388 g/mol. The molecule has 0 atom stereocenters. The van der Waals surface area contributed by atoms with Crippen LogP contribution >= 0.6 is 0 Å². The number of nitrogens with zero attached hydrogens (tertiary/aromatic N) is 3. The summed E-state index contributed by atoms with van der Waals surface area (Å²) in [5.41, 5.74) is -0.00181. The Labute approximate surface area is 152 Å². The number of hydrogen-bond acceptors (Lipinski definition) is 6. The number of aromatic nitrogens is 4. The van der Waals surface area contributed by atoms with E-state index >= 15 is 0 Å². The van der Waals surface area contributed by atoms with Gasteiger partial charge in [-0.3, -0.25) is 4.79 Å². The van der Waals surface area contributed by atoms with E-state index in [1.165, 1.54) is 18.5 Å². The van der Waals surface area contributed by atoms with Crippen LogP contribution in [-0.4, -0.2) is 35.3 Å². The molecule has 0 bridgehead atoms. The van der Waals surface area contributed by atoms with Gasteiger partial charge in [-0.15, -0.1) is 5.10 Å². The quantitative estimate of drug-likeness (QED) is 0.537. The molecule has 10 heteroatoms. The smallest absolute Gasteiger partial charge is 0.259 e. The highest BCUT2D eigenvalue weighted by Crippen LogP contribution is 2.26. The molecule has 1 N–H and O–H groups in total. The summed E-state index contributed by atoms with van der Waals surface area (Å²) in [6.45, 7) is 1.48. The molecule has 2 heterocycles. The zero-order valence-electron chi connectivity index (χ0n) is 14.2. The summed E-state index contributed by atoms with van der Waals surface area (Å²) >= 11 is 0. The Balaban J connectivity index is 2.05. The van der Waals surface area contributed by atoms with Gasteiger partial charge in [0.05, 0.1) is 22.9 Å². The van der Waals surface area contributed by atoms with Crippen molar-refractivity contribution in [2.45, 2.75) is 16.8 Å². The fourth-order valence-corrected chi connectivity index (χ4v) is 4.40. The number of rotatable bonds is 3. The number of aromatic amines is 1. The lowest BCUT2D eigenvalue weighted by Gasteiger charge is -2.06. The second kappa shape index (κ2) is 5.88. The average Bonchev–Trinajstić information content (AvgIpc) is 3.05. The van der Waals surface area contributed by atoms with Crippen LogP contribution in [-0.2, 0) is 9.84 Å². The first-order valence-electron chi connectivity index (χ1n) is 7.79. The summed E-state index contributed by atoms with van der Waals surface area (Å²) in [5, 5.41) is 7.55. The first kappa shape index (κ1) is 17.2. The minimum Gasteiger partial charge on any atom is -0.497 e. The molecule has 0 radical (unpaired) electrons. The van der Waals surface area contributed by atoms with Gasteiger partial charge in [-0.05, 0) is 42.8 Å². The largest absolute Gasteiger partial charge is 0.497 e. The maximum atomic E-state index is 13.3. The average molecular weight is 388 g/mol. The molecule has 0 aliphatic heterocycles. The number of aryl methyl sites for hydroxylation is 1. The van der Waals surface area contributed by atoms with Crippen molar-refractivity contribution in [1.82, 2.24) is 19.8 Å². The summed E-state index contributed by atoms with van der Waals surface area (Å²) in [7, 11) is -2.66. The molecule has 0 aliphatic rings. The van der Waals surface area contributed by atoms with Crippen LogP contribution in [0.15, 0.2) is 51.1 Å². The van der Waals surface area contributed by atoms with Crippen molar-refractivity contribution in [2.75, 3.05) is 7.11 Å². The first-order chi connectivity index (χ1) is 12.8. The lowest BCUT2D eigenvalue weighted by molar-refractivity contribution is 0.415. The number of hydrogen-bond donors (Lipinski definition) is 1. The second-order valence-electron chi connectivity index (χ2n) is 5.91. The van der Waals surface area contributed by atoms with Crippen molar-refractivity contribution < 1.29 is 17.5 Å². The van der Waals surface area contributed by atoms with Crippen molar-refractivity contribution in [3.8, 4) is 5.75 Å². The summed E-state index contributed by atoms with van der Waals surface area (Å²) in [5.74, 6) is -0.0746. The van der Waals surface area contributed by atoms with Gasteiger partial charge >= 0.3 is 0 Å². The number of nitrogens with one attached hydrogen (secondary N) is 1. The summed E-state index contributed by atoms with van der Waals surface area (Å²) in [6, 6.07) is 8.04. The van der Waals surface area contributed by atoms with E-state index in [1.807, 2.05) is 0 Å².